The Morgan fingerprint density at radius 1 is 1.09 bits per heavy atom. The van der Waals surface area contributed by atoms with E-state index in [-0.39, 0.29) is 5.92 Å². The summed E-state index contributed by atoms with van der Waals surface area (Å²) in [6.45, 7) is 3.52. The van der Waals surface area contributed by atoms with E-state index >= 15 is 0 Å². The van der Waals surface area contributed by atoms with Crippen LogP contribution in [0.25, 0.3) is 0 Å². The van der Waals surface area contributed by atoms with Crippen molar-refractivity contribution < 1.29 is 31.5 Å². The second-order valence-electron chi connectivity index (χ2n) is 5.87. The molecule has 1 aromatic rings. The lowest BCUT2D eigenvalue weighted by atomic mass is 9.87. The predicted octanol–water partition coefficient (Wildman–Crippen LogP) is 4.50. The van der Waals surface area contributed by atoms with Crippen molar-refractivity contribution in [1.82, 2.24) is 0 Å². The molecule has 0 heterocycles. The summed E-state index contributed by atoms with van der Waals surface area (Å²) < 4.78 is 70.7. The van der Waals surface area contributed by atoms with Gasteiger partial charge in [-0.15, -0.1) is 0 Å². The van der Waals surface area contributed by atoms with Crippen LogP contribution in [-0.4, -0.2) is 5.97 Å². The maximum Gasteiger partial charge on any atom is 0.317 e. The number of esters is 1. The number of ether oxygens (including phenoxy) is 1. The van der Waals surface area contributed by atoms with E-state index in [2.05, 4.69) is 4.74 Å². The quantitative estimate of drug-likeness (QED) is 0.269. The van der Waals surface area contributed by atoms with Gasteiger partial charge in [0.1, 0.15) is 0 Å². The summed E-state index contributed by atoms with van der Waals surface area (Å²) in [5, 5.41) is 0. The van der Waals surface area contributed by atoms with E-state index < -0.39 is 46.2 Å². The lowest BCUT2D eigenvalue weighted by Gasteiger charge is -2.22. The molecule has 0 amide bonds. The van der Waals surface area contributed by atoms with Crippen LogP contribution < -0.4 is 4.74 Å². The Bertz CT molecular complexity index is 587. The van der Waals surface area contributed by atoms with Gasteiger partial charge in [-0.1, -0.05) is 13.3 Å². The van der Waals surface area contributed by atoms with Crippen LogP contribution in [-0.2, 0) is 4.79 Å². The topological polar surface area (TPSA) is 26.3 Å². The molecule has 0 N–H and O–H groups in total. The number of hydrogen-bond donors (Lipinski definition) is 0. The zero-order valence-electron chi connectivity index (χ0n) is 12.1. The third-order valence-electron chi connectivity index (χ3n) is 4.28. The number of halogens is 5. The van der Waals surface area contributed by atoms with Crippen molar-refractivity contribution in [3.8, 4) is 5.75 Å². The zero-order chi connectivity index (χ0) is 16.7. The van der Waals surface area contributed by atoms with Crippen molar-refractivity contribution >= 4 is 5.97 Å². The molecule has 2 rings (SSSR count). The molecule has 2 unspecified atom stereocenters. The van der Waals surface area contributed by atoms with Crippen LogP contribution in [0.1, 0.15) is 39.5 Å². The molecule has 0 aliphatic heterocycles. The van der Waals surface area contributed by atoms with E-state index in [1.165, 1.54) is 0 Å². The van der Waals surface area contributed by atoms with Crippen molar-refractivity contribution in [2.45, 2.75) is 39.5 Å². The Kier molecular flexibility index (Phi) is 4.44. The average molecular weight is 322 g/mol. The molecule has 0 bridgehead atoms. The van der Waals surface area contributed by atoms with Crippen LogP contribution in [0.5, 0.6) is 5.75 Å². The molecule has 1 aromatic carbocycles. The molecule has 2 nitrogen and oxygen atoms in total. The van der Waals surface area contributed by atoms with E-state index in [9.17, 15) is 26.7 Å². The molecule has 0 aromatic heterocycles. The van der Waals surface area contributed by atoms with Gasteiger partial charge in [-0.05, 0) is 32.1 Å². The monoisotopic (exact) mass is 322 g/mol. The first-order chi connectivity index (χ1) is 10.2. The maximum atomic E-state index is 13.5. The first kappa shape index (κ1) is 16.7. The van der Waals surface area contributed by atoms with Gasteiger partial charge in [-0.3, -0.25) is 4.79 Å². The molecule has 1 aliphatic rings. The van der Waals surface area contributed by atoms with Crippen LogP contribution in [0.15, 0.2) is 0 Å². The van der Waals surface area contributed by atoms with E-state index in [0.717, 1.165) is 12.8 Å². The van der Waals surface area contributed by atoms with Crippen molar-refractivity contribution in [2.75, 3.05) is 0 Å². The summed E-state index contributed by atoms with van der Waals surface area (Å²) in [6, 6.07) is 0. The molecule has 1 aliphatic carbocycles. The Labute approximate surface area is 124 Å². The number of carbonyl (C=O) groups excluding carboxylic acids is 1. The van der Waals surface area contributed by atoms with Crippen LogP contribution in [0.4, 0.5) is 22.0 Å². The Hall–Kier alpha value is -1.66. The number of rotatable bonds is 3. The highest BCUT2D eigenvalue weighted by Gasteiger charge is 2.43. The van der Waals surface area contributed by atoms with Crippen molar-refractivity contribution in [1.29, 1.82) is 0 Å². The molecule has 122 valence electrons. The van der Waals surface area contributed by atoms with Gasteiger partial charge in [0.05, 0.1) is 5.41 Å². The summed E-state index contributed by atoms with van der Waals surface area (Å²) in [5.74, 6) is -13.1. The van der Waals surface area contributed by atoms with Crippen LogP contribution >= 0.6 is 0 Å². The van der Waals surface area contributed by atoms with Gasteiger partial charge in [0.2, 0.25) is 34.8 Å². The van der Waals surface area contributed by atoms with E-state index in [4.69, 9.17) is 0 Å². The lowest BCUT2D eigenvalue weighted by molar-refractivity contribution is -0.145. The summed E-state index contributed by atoms with van der Waals surface area (Å²) in [5.41, 5.74) is -0.985. The van der Waals surface area contributed by atoms with Gasteiger partial charge in [-0.25, -0.2) is 13.2 Å². The summed E-state index contributed by atoms with van der Waals surface area (Å²) in [6.07, 6.45) is 2.49. The SMILES string of the molecule is CCC1CCC(C)(C(=O)Oc2c(F)c(F)c(F)c(F)c2F)C1. The second kappa shape index (κ2) is 5.85. The maximum absolute atomic E-state index is 13.5. The highest BCUT2D eigenvalue weighted by atomic mass is 19.2. The molecule has 7 heteroatoms. The second-order valence-corrected chi connectivity index (χ2v) is 5.87. The van der Waals surface area contributed by atoms with E-state index in [1.54, 1.807) is 6.92 Å². The van der Waals surface area contributed by atoms with Crippen LogP contribution in [0.2, 0.25) is 0 Å². The van der Waals surface area contributed by atoms with Gasteiger partial charge in [-0.2, -0.15) is 8.78 Å². The van der Waals surface area contributed by atoms with Gasteiger partial charge < -0.3 is 4.74 Å². The van der Waals surface area contributed by atoms with Crippen LogP contribution in [0.3, 0.4) is 0 Å². The van der Waals surface area contributed by atoms with Gasteiger partial charge in [0.15, 0.2) is 0 Å². The lowest BCUT2D eigenvalue weighted by Crippen LogP contribution is -2.30. The predicted molar refractivity (Wildman–Crippen MR) is 67.6 cm³/mol. The van der Waals surface area contributed by atoms with Gasteiger partial charge in [0.25, 0.3) is 0 Å². The third-order valence-corrected chi connectivity index (χ3v) is 4.28. The molecule has 0 spiro atoms. The summed E-state index contributed by atoms with van der Waals surface area (Å²) in [7, 11) is 0. The Morgan fingerprint density at radius 2 is 1.59 bits per heavy atom. The van der Waals surface area contributed by atoms with Gasteiger partial charge >= 0.3 is 5.97 Å². The average Bonchev–Trinajstić information content (AvgIpc) is 2.90. The molecular formula is C15H15F5O2. The van der Waals surface area contributed by atoms with Crippen molar-refractivity contribution in [3.05, 3.63) is 29.1 Å². The minimum atomic E-state index is -2.28. The summed E-state index contributed by atoms with van der Waals surface area (Å²) >= 11 is 0. The van der Waals surface area contributed by atoms with E-state index in [0.29, 0.717) is 12.8 Å². The fourth-order valence-electron chi connectivity index (χ4n) is 2.79. The smallest absolute Gasteiger partial charge is 0.317 e. The minimum absolute atomic E-state index is 0.272. The molecule has 1 saturated carbocycles. The first-order valence-electron chi connectivity index (χ1n) is 6.95. The molecule has 2 atom stereocenters. The molecule has 22 heavy (non-hydrogen) atoms. The molecule has 0 saturated heterocycles. The third kappa shape index (κ3) is 2.68. The van der Waals surface area contributed by atoms with E-state index in [1.807, 2.05) is 6.92 Å². The molecule has 0 radical (unpaired) electrons. The standard InChI is InChI=1S/C15H15F5O2/c1-3-7-4-5-15(2,6-7)14(21)22-13-11(19)9(17)8(16)10(18)12(13)20/h7H,3-6H2,1-2H3. The highest BCUT2D eigenvalue weighted by molar-refractivity contribution is 5.79. The van der Waals surface area contributed by atoms with Crippen molar-refractivity contribution in [3.63, 3.8) is 0 Å². The highest BCUT2D eigenvalue weighted by Crippen LogP contribution is 2.44. The normalized spacial score (nSPS) is 24.6. The Balaban J connectivity index is 2.30. The van der Waals surface area contributed by atoms with Gasteiger partial charge in [0, 0.05) is 0 Å². The first-order valence-corrected chi connectivity index (χ1v) is 6.95. The number of carbonyl (C=O) groups is 1. The fraction of sp³-hybridized carbons (Fsp3) is 0.533. The Morgan fingerprint density at radius 3 is 2.05 bits per heavy atom. The molecule has 1 fully saturated rings. The largest absolute Gasteiger partial charge is 0.420 e. The zero-order valence-corrected chi connectivity index (χ0v) is 12.1. The fourth-order valence-corrected chi connectivity index (χ4v) is 2.79. The minimum Gasteiger partial charge on any atom is -0.420 e. The van der Waals surface area contributed by atoms with Crippen LogP contribution in [0, 0.1) is 40.4 Å². The number of benzene rings is 1. The number of hydrogen-bond acceptors (Lipinski definition) is 2. The van der Waals surface area contributed by atoms with Crippen molar-refractivity contribution in [2.24, 2.45) is 11.3 Å². The molecular weight excluding hydrogens is 307 g/mol. The summed E-state index contributed by atoms with van der Waals surface area (Å²) in [4.78, 5) is 12.1.